The highest BCUT2D eigenvalue weighted by Gasteiger charge is 1.98. The van der Waals surface area contributed by atoms with Crippen molar-refractivity contribution in [3.05, 3.63) is 24.3 Å². The highest BCUT2D eigenvalue weighted by Crippen LogP contribution is 2.14. The molecule has 0 spiro atoms. The van der Waals surface area contributed by atoms with E-state index in [2.05, 4.69) is 17.6 Å². The van der Waals surface area contributed by atoms with Gasteiger partial charge < -0.3 is 15.7 Å². The van der Waals surface area contributed by atoms with Crippen molar-refractivity contribution >= 4 is 23.0 Å². The number of hydrogen-bond donors (Lipinski definition) is 3. The fourth-order valence-corrected chi connectivity index (χ4v) is 3.11. The summed E-state index contributed by atoms with van der Waals surface area (Å²) in [5.74, 6) is 0.265. The van der Waals surface area contributed by atoms with E-state index in [0.29, 0.717) is 5.11 Å². The first-order chi connectivity index (χ1) is 12.2. The molecule has 0 aliphatic heterocycles. The van der Waals surface area contributed by atoms with Crippen LogP contribution < -0.4 is 10.6 Å². The molecule has 0 aliphatic rings. The van der Waals surface area contributed by atoms with Gasteiger partial charge in [0, 0.05) is 12.2 Å². The molecule has 142 valence electrons. The Balaban J connectivity index is 1.85. The number of hydrogen-bond acceptors (Lipinski definition) is 2. The lowest BCUT2D eigenvalue weighted by atomic mass is 10.1. The zero-order chi connectivity index (χ0) is 18.2. The number of phenolic OH excluding ortho intramolecular Hbond substituents is 1. The van der Waals surface area contributed by atoms with Crippen molar-refractivity contribution in [2.24, 2.45) is 0 Å². The third-order valence-electron chi connectivity index (χ3n) is 4.44. The molecular formula is C21H36N2OS. The average Bonchev–Trinajstić information content (AvgIpc) is 2.61. The minimum absolute atomic E-state index is 0.265. The van der Waals surface area contributed by atoms with Gasteiger partial charge in [0.25, 0.3) is 0 Å². The molecule has 0 saturated carbocycles. The Bertz CT molecular complexity index is 448. The third kappa shape index (κ3) is 12.7. The van der Waals surface area contributed by atoms with Crippen LogP contribution in [0, 0.1) is 0 Å². The number of phenols is 1. The van der Waals surface area contributed by atoms with Gasteiger partial charge in [0.05, 0.1) is 0 Å². The molecule has 0 aliphatic carbocycles. The molecule has 4 heteroatoms. The van der Waals surface area contributed by atoms with Crippen LogP contribution >= 0.6 is 12.2 Å². The summed E-state index contributed by atoms with van der Waals surface area (Å²) in [7, 11) is 0. The molecule has 3 N–H and O–H groups in total. The maximum absolute atomic E-state index is 9.25. The second kappa shape index (κ2) is 15.0. The highest BCUT2D eigenvalue weighted by atomic mass is 32.1. The molecule has 1 aromatic rings. The number of thiocarbonyl (C=S) groups is 1. The van der Waals surface area contributed by atoms with Crippen molar-refractivity contribution in [1.29, 1.82) is 0 Å². The molecule has 0 saturated heterocycles. The number of rotatable bonds is 14. The van der Waals surface area contributed by atoms with Gasteiger partial charge in [0.2, 0.25) is 0 Å². The van der Waals surface area contributed by atoms with Crippen molar-refractivity contribution in [1.82, 2.24) is 5.32 Å². The van der Waals surface area contributed by atoms with Gasteiger partial charge >= 0.3 is 0 Å². The molecule has 1 rings (SSSR count). The molecule has 0 atom stereocenters. The number of anilines is 1. The number of nitrogens with one attached hydrogen (secondary N) is 2. The number of aromatic hydroxyl groups is 1. The van der Waals surface area contributed by atoms with Gasteiger partial charge in [-0.05, 0) is 42.9 Å². The maximum atomic E-state index is 9.25. The Labute approximate surface area is 159 Å². The molecule has 0 bridgehead atoms. The Morgan fingerprint density at radius 3 is 1.80 bits per heavy atom. The van der Waals surface area contributed by atoms with Crippen LogP contribution in [0.5, 0.6) is 5.75 Å². The SMILES string of the molecule is CCCCCCCCCCCCCCNC(=S)Nc1ccc(O)cc1. The van der Waals surface area contributed by atoms with E-state index in [0.717, 1.165) is 18.7 Å². The van der Waals surface area contributed by atoms with Crippen molar-refractivity contribution in [3.63, 3.8) is 0 Å². The van der Waals surface area contributed by atoms with Gasteiger partial charge in [-0.3, -0.25) is 0 Å². The summed E-state index contributed by atoms with van der Waals surface area (Å²) in [6.07, 6.45) is 16.4. The van der Waals surface area contributed by atoms with Gasteiger partial charge in [0.1, 0.15) is 5.75 Å². The summed E-state index contributed by atoms with van der Waals surface area (Å²) >= 11 is 5.27. The van der Waals surface area contributed by atoms with E-state index in [4.69, 9.17) is 12.2 Å². The van der Waals surface area contributed by atoms with E-state index in [1.165, 1.54) is 70.6 Å². The molecule has 0 heterocycles. The van der Waals surface area contributed by atoms with Crippen molar-refractivity contribution in [3.8, 4) is 5.75 Å². The maximum Gasteiger partial charge on any atom is 0.170 e. The van der Waals surface area contributed by atoms with Crippen molar-refractivity contribution in [2.75, 3.05) is 11.9 Å². The fraction of sp³-hybridized carbons (Fsp3) is 0.667. The van der Waals surface area contributed by atoms with Gasteiger partial charge in [0.15, 0.2) is 5.11 Å². The quantitative estimate of drug-likeness (QED) is 0.204. The monoisotopic (exact) mass is 364 g/mol. The zero-order valence-corrected chi connectivity index (χ0v) is 16.7. The zero-order valence-electron chi connectivity index (χ0n) is 15.9. The summed E-state index contributed by atoms with van der Waals surface area (Å²) in [4.78, 5) is 0. The third-order valence-corrected chi connectivity index (χ3v) is 4.69. The van der Waals surface area contributed by atoms with E-state index >= 15 is 0 Å². The summed E-state index contributed by atoms with van der Waals surface area (Å²) in [5, 5.41) is 16.3. The lowest BCUT2D eigenvalue weighted by Gasteiger charge is -2.10. The van der Waals surface area contributed by atoms with Gasteiger partial charge in [-0.2, -0.15) is 0 Å². The van der Waals surface area contributed by atoms with E-state index in [1.807, 2.05) is 12.1 Å². The Morgan fingerprint density at radius 1 is 0.800 bits per heavy atom. The summed E-state index contributed by atoms with van der Waals surface area (Å²) in [6.45, 7) is 3.19. The molecule has 3 nitrogen and oxygen atoms in total. The molecule has 0 amide bonds. The summed E-state index contributed by atoms with van der Waals surface area (Å²) in [5.41, 5.74) is 0.894. The van der Waals surface area contributed by atoms with E-state index in [1.54, 1.807) is 12.1 Å². The Hall–Kier alpha value is -1.29. The second-order valence-electron chi connectivity index (χ2n) is 6.82. The van der Waals surface area contributed by atoms with Crippen molar-refractivity contribution < 1.29 is 5.11 Å². The largest absolute Gasteiger partial charge is 0.508 e. The highest BCUT2D eigenvalue weighted by molar-refractivity contribution is 7.80. The molecular weight excluding hydrogens is 328 g/mol. The standard InChI is InChI=1S/C21H36N2OS/c1-2-3-4-5-6-7-8-9-10-11-12-13-18-22-21(25)23-19-14-16-20(24)17-15-19/h14-17,24H,2-13,18H2,1H3,(H2,22,23,25). The first-order valence-electron chi connectivity index (χ1n) is 10.1. The molecule has 0 aromatic heterocycles. The normalized spacial score (nSPS) is 10.6. The van der Waals surface area contributed by atoms with Crippen LogP contribution in [0.2, 0.25) is 0 Å². The van der Waals surface area contributed by atoms with E-state index in [9.17, 15) is 5.11 Å². The van der Waals surface area contributed by atoms with Gasteiger partial charge in [-0.1, -0.05) is 77.6 Å². The second-order valence-corrected chi connectivity index (χ2v) is 7.23. The smallest absolute Gasteiger partial charge is 0.170 e. The molecule has 0 fully saturated rings. The van der Waals surface area contributed by atoms with Crippen LogP contribution in [0.1, 0.15) is 84.0 Å². The predicted octanol–water partition coefficient (Wildman–Crippen LogP) is 6.38. The average molecular weight is 365 g/mol. The summed E-state index contributed by atoms with van der Waals surface area (Å²) < 4.78 is 0. The van der Waals surface area contributed by atoms with Gasteiger partial charge in [-0.25, -0.2) is 0 Å². The van der Waals surface area contributed by atoms with E-state index in [-0.39, 0.29) is 5.75 Å². The molecule has 1 aromatic carbocycles. The molecule has 0 radical (unpaired) electrons. The lowest BCUT2D eigenvalue weighted by molar-refractivity contribution is 0.475. The first kappa shape index (κ1) is 21.8. The van der Waals surface area contributed by atoms with Crippen LogP contribution in [0.3, 0.4) is 0 Å². The minimum atomic E-state index is 0.265. The number of benzene rings is 1. The van der Waals surface area contributed by atoms with Crippen LogP contribution in [0.4, 0.5) is 5.69 Å². The van der Waals surface area contributed by atoms with Crippen LogP contribution in [-0.2, 0) is 0 Å². The van der Waals surface area contributed by atoms with Crippen LogP contribution in [-0.4, -0.2) is 16.8 Å². The number of unbranched alkanes of at least 4 members (excludes halogenated alkanes) is 11. The van der Waals surface area contributed by atoms with Gasteiger partial charge in [-0.15, -0.1) is 0 Å². The predicted molar refractivity (Wildman–Crippen MR) is 113 cm³/mol. The summed E-state index contributed by atoms with van der Waals surface area (Å²) in [6, 6.07) is 6.92. The Kier molecular flexibility index (Phi) is 13.1. The molecule has 25 heavy (non-hydrogen) atoms. The minimum Gasteiger partial charge on any atom is -0.508 e. The van der Waals surface area contributed by atoms with E-state index < -0.39 is 0 Å². The topological polar surface area (TPSA) is 44.3 Å². The fourth-order valence-electron chi connectivity index (χ4n) is 2.89. The lowest BCUT2D eigenvalue weighted by Crippen LogP contribution is -2.29. The van der Waals surface area contributed by atoms with Crippen LogP contribution in [0.25, 0.3) is 0 Å². The van der Waals surface area contributed by atoms with Crippen LogP contribution in [0.15, 0.2) is 24.3 Å². The Morgan fingerprint density at radius 2 is 1.28 bits per heavy atom. The first-order valence-corrected chi connectivity index (χ1v) is 10.5. The van der Waals surface area contributed by atoms with Crippen molar-refractivity contribution in [2.45, 2.75) is 84.0 Å². The molecule has 0 unspecified atom stereocenters.